The number of hydrogen-bond donors (Lipinski definition) is 2. The summed E-state index contributed by atoms with van der Waals surface area (Å²) in [4.78, 5) is 34.5. The molecule has 0 radical (unpaired) electrons. The van der Waals surface area contributed by atoms with Gasteiger partial charge in [0.15, 0.2) is 11.6 Å². The Morgan fingerprint density at radius 2 is 1.87 bits per heavy atom. The second-order valence-electron chi connectivity index (χ2n) is 8.32. The second kappa shape index (κ2) is 12.1. The molecule has 0 aromatic heterocycles. The summed E-state index contributed by atoms with van der Waals surface area (Å²) in [6, 6.07) is 2.64. The zero-order valence-corrected chi connectivity index (χ0v) is 18.9. The zero-order chi connectivity index (χ0) is 23.6. The SMILES string of the molecule is COC(=O)CCCc1cc(C)cc(OC[C@H](CCC(N)=O)NC(=O)OC(C)(C)C)c1F. The van der Waals surface area contributed by atoms with Crippen LogP contribution in [0.5, 0.6) is 5.75 Å². The van der Waals surface area contributed by atoms with Crippen molar-refractivity contribution in [1.82, 2.24) is 5.32 Å². The van der Waals surface area contributed by atoms with Crippen LogP contribution in [-0.4, -0.2) is 43.3 Å². The van der Waals surface area contributed by atoms with Crippen LogP contribution < -0.4 is 15.8 Å². The lowest BCUT2D eigenvalue weighted by molar-refractivity contribution is -0.140. The molecule has 0 bridgehead atoms. The Labute approximate surface area is 182 Å². The molecule has 9 heteroatoms. The Bertz CT molecular complexity index is 776. The number of amides is 2. The van der Waals surface area contributed by atoms with Gasteiger partial charge in [0.25, 0.3) is 0 Å². The summed E-state index contributed by atoms with van der Waals surface area (Å²) >= 11 is 0. The van der Waals surface area contributed by atoms with Gasteiger partial charge in [0, 0.05) is 12.8 Å². The fourth-order valence-electron chi connectivity index (χ4n) is 2.80. The molecule has 0 heterocycles. The third-order valence-corrected chi connectivity index (χ3v) is 4.21. The molecule has 0 aliphatic heterocycles. The van der Waals surface area contributed by atoms with Gasteiger partial charge in [0.1, 0.15) is 12.2 Å². The number of hydrogen-bond acceptors (Lipinski definition) is 6. The average Bonchev–Trinajstić information content (AvgIpc) is 2.65. The molecule has 0 aliphatic carbocycles. The van der Waals surface area contributed by atoms with Gasteiger partial charge in [0.05, 0.1) is 13.2 Å². The van der Waals surface area contributed by atoms with Crippen LogP contribution in [0, 0.1) is 12.7 Å². The molecule has 1 aromatic carbocycles. The van der Waals surface area contributed by atoms with Crippen molar-refractivity contribution in [2.24, 2.45) is 5.73 Å². The molecule has 3 N–H and O–H groups in total. The molecule has 8 nitrogen and oxygen atoms in total. The number of alkyl carbamates (subject to hydrolysis) is 1. The van der Waals surface area contributed by atoms with Gasteiger partial charge in [-0.1, -0.05) is 6.07 Å². The predicted octanol–water partition coefficient (Wildman–Crippen LogP) is 3.17. The fraction of sp³-hybridized carbons (Fsp3) is 0.591. The summed E-state index contributed by atoms with van der Waals surface area (Å²) < 4.78 is 30.3. The van der Waals surface area contributed by atoms with Gasteiger partial charge in [-0.3, -0.25) is 9.59 Å². The highest BCUT2D eigenvalue weighted by Crippen LogP contribution is 2.25. The number of halogens is 1. The Morgan fingerprint density at radius 3 is 2.45 bits per heavy atom. The first-order valence-electron chi connectivity index (χ1n) is 10.2. The molecule has 0 saturated heterocycles. The van der Waals surface area contributed by atoms with Crippen molar-refractivity contribution in [3.05, 3.63) is 29.1 Å². The van der Waals surface area contributed by atoms with Crippen LogP contribution in [0.2, 0.25) is 0 Å². The van der Waals surface area contributed by atoms with E-state index in [2.05, 4.69) is 10.1 Å². The van der Waals surface area contributed by atoms with E-state index >= 15 is 0 Å². The topological polar surface area (TPSA) is 117 Å². The lowest BCUT2D eigenvalue weighted by Gasteiger charge is -2.24. The molecule has 1 atom stereocenters. The van der Waals surface area contributed by atoms with Crippen molar-refractivity contribution < 1.29 is 33.0 Å². The maximum atomic E-state index is 14.9. The number of nitrogens with two attached hydrogens (primary N) is 1. The Balaban J connectivity index is 2.84. The highest BCUT2D eigenvalue weighted by molar-refractivity contribution is 5.74. The maximum absolute atomic E-state index is 14.9. The van der Waals surface area contributed by atoms with Crippen LogP contribution in [0.1, 0.15) is 57.6 Å². The van der Waals surface area contributed by atoms with Crippen molar-refractivity contribution in [1.29, 1.82) is 0 Å². The molecule has 1 rings (SSSR count). The van der Waals surface area contributed by atoms with E-state index in [1.807, 2.05) is 0 Å². The maximum Gasteiger partial charge on any atom is 0.407 e. The van der Waals surface area contributed by atoms with Crippen LogP contribution in [0.4, 0.5) is 9.18 Å². The third-order valence-electron chi connectivity index (χ3n) is 4.21. The van der Waals surface area contributed by atoms with E-state index in [1.165, 1.54) is 7.11 Å². The van der Waals surface area contributed by atoms with Crippen LogP contribution in [0.3, 0.4) is 0 Å². The molecule has 0 saturated carbocycles. The van der Waals surface area contributed by atoms with E-state index in [1.54, 1.807) is 39.8 Å². The first kappa shape index (κ1) is 26.2. The summed E-state index contributed by atoms with van der Waals surface area (Å²) in [5.74, 6) is -1.37. The number of rotatable bonds is 11. The van der Waals surface area contributed by atoms with Crippen molar-refractivity contribution in [2.75, 3.05) is 13.7 Å². The Hall–Kier alpha value is -2.84. The van der Waals surface area contributed by atoms with Gasteiger partial charge in [0.2, 0.25) is 5.91 Å². The molecule has 174 valence electrons. The molecular formula is C22H33FN2O6. The smallest absolute Gasteiger partial charge is 0.407 e. The summed E-state index contributed by atoms with van der Waals surface area (Å²) in [6.07, 6.45) is 0.551. The number of aryl methyl sites for hydroxylation is 2. The molecular weight excluding hydrogens is 407 g/mol. The van der Waals surface area contributed by atoms with Gasteiger partial charge >= 0.3 is 12.1 Å². The highest BCUT2D eigenvalue weighted by atomic mass is 19.1. The van der Waals surface area contributed by atoms with Gasteiger partial charge < -0.3 is 25.3 Å². The van der Waals surface area contributed by atoms with Crippen LogP contribution in [-0.2, 0) is 25.5 Å². The molecule has 0 unspecified atom stereocenters. The molecule has 0 spiro atoms. The average molecular weight is 441 g/mol. The summed E-state index contributed by atoms with van der Waals surface area (Å²) in [5.41, 5.74) is 5.73. The van der Waals surface area contributed by atoms with Crippen molar-refractivity contribution in [3.63, 3.8) is 0 Å². The highest BCUT2D eigenvalue weighted by Gasteiger charge is 2.21. The van der Waals surface area contributed by atoms with Crippen molar-refractivity contribution >= 4 is 18.0 Å². The summed E-state index contributed by atoms with van der Waals surface area (Å²) in [6.45, 7) is 6.91. The first-order chi connectivity index (χ1) is 14.4. The lowest BCUT2D eigenvalue weighted by Crippen LogP contribution is -2.42. The number of methoxy groups -OCH3 is 1. The van der Waals surface area contributed by atoms with Crippen molar-refractivity contribution in [3.8, 4) is 5.75 Å². The molecule has 0 fully saturated rings. The van der Waals surface area contributed by atoms with Crippen LogP contribution in [0.15, 0.2) is 12.1 Å². The molecule has 1 aromatic rings. The standard InChI is InChI=1S/C22H33FN2O6/c1-14-11-15(7-6-8-19(27)29-5)20(23)17(12-14)30-13-16(9-10-18(24)26)25-21(28)31-22(2,3)4/h11-12,16H,6-10,13H2,1-5H3,(H2,24,26)(H,25,28)/t16-/m0/s1. The number of benzene rings is 1. The first-order valence-corrected chi connectivity index (χ1v) is 10.2. The number of carbonyl (C=O) groups excluding carboxylic acids is 3. The van der Waals surface area contributed by atoms with E-state index in [-0.39, 0.29) is 37.6 Å². The molecule has 31 heavy (non-hydrogen) atoms. The third kappa shape index (κ3) is 10.7. The predicted molar refractivity (Wildman–Crippen MR) is 113 cm³/mol. The normalized spacial score (nSPS) is 12.1. The lowest BCUT2D eigenvalue weighted by atomic mass is 10.0. The van der Waals surface area contributed by atoms with Gasteiger partial charge in [-0.2, -0.15) is 0 Å². The van der Waals surface area contributed by atoms with Gasteiger partial charge in [-0.15, -0.1) is 0 Å². The summed E-state index contributed by atoms with van der Waals surface area (Å²) in [5, 5.41) is 2.63. The number of esters is 1. The number of nitrogens with one attached hydrogen (secondary N) is 1. The number of ether oxygens (including phenoxy) is 3. The van der Waals surface area contributed by atoms with Crippen LogP contribution >= 0.6 is 0 Å². The minimum Gasteiger partial charge on any atom is -0.488 e. The minimum atomic E-state index is -0.694. The second-order valence-corrected chi connectivity index (χ2v) is 8.32. The molecule has 0 aliphatic rings. The van der Waals surface area contributed by atoms with Crippen LogP contribution in [0.25, 0.3) is 0 Å². The van der Waals surface area contributed by atoms with E-state index < -0.39 is 29.5 Å². The van der Waals surface area contributed by atoms with Gasteiger partial charge in [-0.25, -0.2) is 9.18 Å². The fourth-order valence-corrected chi connectivity index (χ4v) is 2.80. The monoisotopic (exact) mass is 440 g/mol. The minimum absolute atomic E-state index is 0.0267. The number of carbonyl (C=O) groups is 3. The number of primary amides is 1. The Morgan fingerprint density at radius 1 is 1.19 bits per heavy atom. The van der Waals surface area contributed by atoms with Crippen molar-refractivity contribution in [2.45, 2.75) is 71.4 Å². The van der Waals surface area contributed by atoms with E-state index in [4.69, 9.17) is 15.2 Å². The largest absolute Gasteiger partial charge is 0.488 e. The quantitative estimate of drug-likeness (QED) is 0.511. The Kier molecular flexibility index (Phi) is 10.2. The van der Waals surface area contributed by atoms with E-state index in [0.29, 0.717) is 18.4 Å². The zero-order valence-electron chi connectivity index (χ0n) is 18.9. The summed E-state index contributed by atoms with van der Waals surface area (Å²) in [7, 11) is 1.31. The van der Waals surface area contributed by atoms with E-state index in [0.717, 1.165) is 5.56 Å². The van der Waals surface area contributed by atoms with Gasteiger partial charge in [-0.05, 0) is 64.2 Å². The van der Waals surface area contributed by atoms with E-state index in [9.17, 15) is 18.8 Å². The molecule has 2 amide bonds.